The van der Waals surface area contributed by atoms with Crippen molar-refractivity contribution in [2.45, 2.75) is 12.2 Å². The van der Waals surface area contributed by atoms with Crippen LogP contribution in [0.15, 0.2) is 42.5 Å². The molecule has 0 spiro atoms. The molecule has 2 aromatic rings. The predicted octanol–water partition coefficient (Wildman–Crippen LogP) is 3.56. The second-order valence-electron chi connectivity index (χ2n) is 7.13. The number of carbonyl (C=O) groups excluding carboxylic acids is 1. The molecule has 2 aromatic carbocycles. The Hall–Kier alpha value is -3.25. The van der Waals surface area contributed by atoms with Crippen LogP contribution in [-0.2, 0) is 10.9 Å². The summed E-state index contributed by atoms with van der Waals surface area (Å²) in [7, 11) is 3.02. The molecule has 1 aliphatic rings. The van der Waals surface area contributed by atoms with E-state index in [9.17, 15) is 18.0 Å². The van der Waals surface area contributed by atoms with Gasteiger partial charge in [0, 0.05) is 38.0 Å². The van der Waals surface area contributed by atoms with Crippen molar-refractivity contribution in [2.75, 3.05) is 45.4 Å². The lowest BCUT2D eigenvalue weighted by molar-refractivity contribution is -0.137. The number of piperazine rings is 1. The van der Waals surface area contributed by atoms with Gasteiger partial charge in [0.1, 0.15) is 5.75 Å². The van der Waals surface area contributed by atoms with E-state index >= 15 is 0 Å². The van der Waals surface area contributed by atoms with E-state index in [0.717, 1.165) is 6.07 Å². The van der Waals surface area contributed by atoms with Crippen LogP contribution in [0.3, 0.4) is 0 Å². The highest BCUT2D eigenvalue weighted by Crippen LogP contribution is 2.35. The number of anilines is 1. The molecule has 31 heavy (non-hydrogen) atoms. The van der Waals surface area contributed by atoms with Crippen molar-refractivity contribution in [2.24, 2.45) is 0 Å². The van der Waals surface area contributed by atoms with Crippen molar-refractivity contribution in [3.05, 3.63) is 59.2 Å². The predicted molar refractivity (Wildman–Crippen MR) is 108 cm³/mol. The molecule has 6 nitrogen and oxygen atoms in total. The maximum atomic E-state index is 13.4. The summed E-state index contributed by atoms with van der Waals surface area (Å²) in [6.07, 6.45) is -4.64. The zero-order chi connectivity index (χ0) is 22.6. The number of methoxy groups -OCH3 is 2. The number of hydrogen-bond donors (Lipinski definition) is 0. The molecule has 0 bridgehead atoms. The molecule has 0 aliphatic carbocycles. The average molecular weight is 433 g/mol. The Morgan fingerprint density at radius 1 is 1.19 bits per heavy atom. The van der Waals surface area contributed by atoms with Gasteiger partial charge >= 0.3 is 6.18 Å². The Balaban J connectivity index is 1.85. The monoisotopic (exact) mass is 433 g/mol. The van der Waals surface area contributed by atoms with E-state index in [1.54, 1.807) is 40.1 Å². The van der Waals surface area contributed by atoms with E-state index in [2.05, 4.69) is 0 Å². The smallest absolute Gasteiger partial charge is 0.417 e. The minimum Gasteiger partial charge on any atom is -0.497 e. The zero-order valence-electron chi connectivity index (χ0n) is 17.1. The standard InChI is InChI=1S/C22H22F3N3O3/c1-30-14-18-13-27(21(29)15-4-3-5-19(10-15)31-2)8-9-28(18)17-7-6-16(12-26)20(11-17)22(23,24)25/h3-7,10-11,18H,8-9,13-14H2,1-2H3. The van der Waals surface area contributed by atoms with E-state index < -0.39 is 17.3 Å². The van der Waals surface area contributed by atoms with Crippen molar-refractivity contribution in [1.29, 1.82) is 5.26 Å². The number of nitrogens with zero attached hydrogens (tertiary/aromatic N) is 3. The summed E-state index contributed by atoms with van der Waals surface area (Å²) in [5.74, 6) is 0.380. The number of halogens is 3. The molecule has 1 unspecified atom stereocenters. The molecule has 9 heteroatoms. The Kier molecular flexibility index (Phi) is 6.71. The number of rotatable bonds is 5. The highest BCUT2D eigenvalue weighted by Gasteiger charge is 2.36. The summed E-state index contributed by atoms with van der Waals surface area (Å²) in [6.45, 7) is 1.17. The topological polar surface area (TPSA) is 65.8 Å². The second kappa shape index (κ2) is 9.27. The van der Waals surface area contributed by atoms with Crippen LogP contribution in [0.1, 0.15) is 21.5 Å². The molecule has 1 saturated heterocycles. The van der Waals surface area contributed by atoms with Gasteiger partial charge in [-0.15, -0.1) is 0 Å². The van der Waals surface area contributed by atoms with Crippen LogP contribution in [0.25, 0.3) is 0 Å². The Bertz CT molecular complexity index is 988. The fraction of sp³-hybridized carbons (Fsp3) is 0.364. The van der Waals surface area contributed by atoms with Crippen LogP contribution < -0.4 is 9.64 Å². The van der Waals surface area contributed by atoms with Gasteiger partial charge in [-0.25, -0.2) is 0 Å². The van der Waals surface area contributed by atoms with Gasteiger partial charge in [-0.1, -0.05) is 6.07 Å². The second-order valence-corrected chi connectivity index (χ2v) is 7.13. The van der Waals surface area contributed by atoms with Crippen LogP contribution >= 0.6 is 0 Å². The quantitative estimate of drug-likeness (QED) is 0.722. The molecule has 1 amide bonds. The van der Waals surface area contributed by atoms with Crippen LogP contribution in [0.5, 0.6) is 5.75 Å². The fourth-order valence-electron chi connectivity index (χ4n) is 3.70. The van der Waals surface area contributed by atoms with Gasteiger partial charge in [0.15, 0.2) is 0 Å². The molecular formula is C22H22F3N3O3. The summed E-state index contributed by atoms with van der Waals surface area (Å²) in [5.41, 5.74) is -0.589. The summed E-state index contributed by atoms with van der Waals surface area (Å²) >= 11 is 0. The molecule has 1 fully saturated rings. The van der Waals surface area contributed by atoms with Crippen molar-refractivity contribution >= 4 is 11.6 Å². The highest BCUT2D eigenvalue weighted by molar-refractivity contribution is 5.94. The van der Waals surface area contributed by atoms with Gasteiger partial charge in [0.05, 0.1) is 37.0 Å². The number of ether oxygens (including phenoxy) is 2. The molecule has 0 aromatic heterocycles. The molecule has 0 N–H and O–H groups in total. The normalized spacial score (nSPS) is 16.7. The first-order valence-electron chi connectivity index (χ1n) is 9.58. The van der Waals surface area contributed by atoms with Gasteiger partial charge < -0.3 is 19.3 Å². The fourth-order valence-corrected chi connectivity index (χ4v) is 3.70. The van der Waals surface area contributed by atoms with Crippen LogP contribution in [0.4, 0.5) is 18.9 Å². The molecule has 1 heterocycles. The van der Waals surface area contributed by atoms with Gasteiger partial charge in [-0.05, 0) is 36.4 Å². The largest absolute Gasteiger partial charge is 0.497 e. The van der Waals surface area contributed by atoms with Crippen molar-refractivity contribution in [3.63, 3.8) is 0 Å². The van der Waals surface area contributed by atoms with E-state index in [1.807, 2.05) is 0 Å². The third-order valence-corrected chi connectivity index (χ3v) is 5.21. The Morgan fingerprint density at radius 3 is 2.61 bits per heavy atom. The molecule has 1 atom stereocenters. The zero-order valence-corrected chi connectivity index (χ0v) is 17.1. The Labute approximate surface area is 178 Å². The number of nitriles is 1. The van der Waals surface area contributed by atoms with Crippen LogP contribution in [-0.4, -0.2) is 57.3 Å². The lowest BCUT2D eigenvalue weighted by Gasteiger charge is -2.42. The average Bonchev–Trinajstić information content (AvgIpc) is 2.77. The highest BCUT2D eigenvalue weighted by atomic mass is 19.4. The first-order chi connectivity index (χ1) is 14.8. The van der Waals surface area contributed by atoms with Crippen molar-refractivity contribution in [3.8, 4) is 11.8 Å². The maximum absolute atomic E-state index is 13.4. The number of carbonyl (C=O) groups is 1. The summed E-state index contributed by atoms with van der Waals surface area (Å²) < 4.78 is 50.6. The molecule has 1 aliphatic heterocycles. The van der Waals surface area contributed by atoms with Crippen molar-refractivity contribution < 1.29 is 27.4 Å². The molecule has 0 saturated carbocycles. The lowest BCUT2D eigenvalue weighted by atomic mass is 10.0. The van der Waals surface area contributed by atoms with E-state index in [-0.39, 0.29) is 25.1 Å². The molecule has 164 valence electrons. The minimum atomic E-state index is -4.64. The third-order valence-electron chi connectivity index (χ3n) is 5.21. The summed E-state index contributed by atoms with van der Waals surface area (Å²) in [6, 6.07) is 11.7. The number of hydrogen-bond acceptors (Lipinski definition) is 5. The van der Waals surface area contributed by atoms with E-state index in [4.69, 9.17) is 14.7 Å². The van der Waals surface area contributed by atoms with E-state index in [1.165, 1.54) is 26.4 Å². The number of alkyl halides is 3. The van der Waals surface area contributed by atoms with Gasteiger partial charge in [-0.3, -0.25) is 4.79 Å². The van der Waals surface area contributed by atoms with Crippen molar-refractivity contribution in [1.82, 2.24) is 4.90 Å². The minimum absolute atomic E-state index is 0.185. The molecule has 0 radical (unpaired) electrons. The number of benzene rings is 2. The maximum Gasteiger partial charge on any atom is 0.417 e. The first-order valence-corrected chi connectivity index (χ1v) is 9.58. The molecular weight excluding hydrogens is 411 g/mol. The van der Waals surface area contributed by atoms with Gasteiger partial charge in [-0.2, -0.15) is 18.4 Å². The lowest BCUT2D eigenvalue weighted by Crippen LogP contribution is -2.56. The SMILES string of the molecule is COCC1CN(C(=O)c2cccc(OC)c2)CCN1c1ccc(C#N)c(C(F)(F)F)c1. The van der Waals surface area contributed by atoms with E-state index in [0.29, 0.717) is 30.1 Å². The Morgan fingerprint density at radius 2 is 1.97 bits per heavy atom. The molecule has 3 rings (SSSR count). The number of amides is 1. The first kappa shape index (κ1) is 22.4. The third kappa shape index (κ3) is 4.91. The van der Waals surface area contributed by atoms with Gasteiger partial charge in [0.2, 0.25) is 0 Å². The summed E-state index contributed by atoms with van der Waals surface area (Å²) in [5, 5.41) is 9.02. The summed E-state index contributed by atoms with van der Waals surface area (Å²) in [4.78, 5) is 16.4. The van der Waals surface area contributed by atoms with Crippen LogP contribution in [0, 0.1) is 11.3 Å². The van der Waals surface area contributed by atoms with Crippen LogP contribution in [0.2, 0.25) is 0 Å². The van der Waals surface area contributed by atoms with Gasteiger partial charge in [0.25, 0.3) is 5.91 Å².